The lowest BCUT2D eigenvalue weighted by atomic mass is 9.76. The van der Waals surface area contributed by atoms with Gasteiger partial charge >= 0.3 is 0 Å². The zero-order valence-corrected chi connectivity index (χ0v) is 19.4. The molecule has 0 radical (unpaired) electrons. The van der Waals surface area contributed by atoms with Crippen LogP contribution in [-0.2, 0) is 16.0 Å². The number of carbonyl (C=O) groups excluding carboxylic acids is 2. The number of hydrogen-bond donors (Lipinski definition) is 2. The summed E-state index contributed by atoms with van der Waals surface area (Å²) < 4.78 is 24.8. The Morgan fingerprint density at radius 1 is 1.18 bits per heavy atom. The Balaban J connectivity index is 1.13. The number of hydrogen-bond acceptors (Lipinski definition) is 4. The highest BCUT2D eigenvalue weighted by atomic mass is 35.5. The molecule has 2 bridgehead atoms. The second-order valence-electron chi connectivity index (χ2n) is 9.41. The fourth-order valence-electron chi connectivity index (χ4n) is 5.20. The summed E-state index contributed by atoms with van der Waals surface area (Å²) in [5.74, 6) is 0.165. The number of halogens is 3. The van der Waals surface area contributed by atoms with Crippen molar-refractivity contribution in [1.82, 2.24) is 10.6 Å². The molecule has 2 amide bonds. The lowest BCUT2D eigenvalue weighted by molar-refractivity contribution is -0.137. The van der Waals surface area contributed by atoms with Gasteiger partial charge in [0.25, 0.3) is 11.8 Å². The molecular weight excluding hydrogens is 470 g/mol. The molecule has 6 nitrogen and oxygen atoms in total. The van der Waals surface area contributed by atoms with E-state index in [9.17, 15) is 14.0 Å². The topological polar surface area (TPSA) is 76.7 Å². The van der Waals surface area contributed by atoms with Gasteiger partial charge in [0.05, 0.1) is 5.02 Å². The van der Waals surface area contributed by atoms with E-state index in [4.69, 9.17) is 32.7 Å². The van der Waals surface area contributed by atoms with Crippen LogP contribution >= 0.6 is 23.2 Å². The van der Waals surface area contributed by atoms with Crippen LogP contribution in [0.2, 0.25) is 10.0 Å². The Labute approximate surface area is 200 Å². The van der Waals surface area contributed by atoms with Crippen molar-refractivity contribution in [3.05, 3.63) is 57.8 Å². The van der Waals surface area contributed by atoms with Crippen LogP contribution in [0.25, 0.3) is 0 Å². The third-order valence-corrected chi connectivity index (χ3v) is 7.38. The standard InChI is InChI=1S/C24H23Cl2FN2O4/c1-23(8-13-6-15(25)2-5-20(13)33-23)22(31)29-24-9-14(10-24)19(11-24)28-21(30)12-32-16-3-4-17(26)18(27)7-16/h2-7,14,19H,8-12H2,1H3,(H,28,30)(H,29,31)/t14?,19?,23-,24?/m1/s1. The van der Waals surface area contributed by atoms with Gasteiger partial charge in [-0.2, -0.15) is 0 Å². The maximum Gasteiger partial charge on any atom is 0.264 e. The van der Waals surface area contributed by atoms with E-state index in [1.807, 2.05) is 6.07 Å². The van der Waals surface area contributed by atoms with Crippen LogP contribution in [-0.4, -0.2) is 35.6 Å². The van der Waals surface area contributed by atoms with Gasteiger partial charge in [-0.25, -0.2) is 4.39 Å². The van der Waals surface area contributed by atoms with Gasteiger partial charge in [-0.1, -0.05) is 23.2 Å². The molecule has 9 heteroatoms. The van der Waals surface area contributed by atoms with Crippen molar-refractivity contribution < 1.29 is 23.5 Å². The quantitative estimate of drug-likeness (QED) is 0.637. The number of rotatable bonds is 6. The number of amides is 2. The minimum Gasteiger partial charge on any atom is -0.484 e. The molecule has 6 rings (SSSR count). The third-order valence-electron chi connectivity index (χ3n) is 6.84. The van der Waals surface area contributed by atoms with Crippen LogP contribution in [0.3, 0.4) is 0 Å². The molecule has 174 valence electrons. The van der Waals surface area contributed by atoms with Crippen molar-refractivity contribution in [3.63, 3.8) is 0 Å². The SMILES string of the molecule is C[C@]1(C(=O)NC23CC(C2)C(NC(=O)COc2ccc(Cl)c(F)c2)C3)Cc2cc(Cl)ccc2O1. The summed E-state index contributed by atoms with van der Waals surface area (Å²) in [4.78, 5) is 25.5. The molecule has 1 aliphatic heterocycles. The second kappa shape index (κ2) is 8.06. The Morgan fingerprint density at radius 3 is 2.73 bits per heavy atom. The molecule has 33 heavy (non-hydrogen) atoms. The van der Waals surface area contributed by atoms with E-state index >= 15 is 0 Å². The minimum atomic E-state index is -0.990. The van der Waals surface area contributed by atoms with Gasteiger partial charge in [0.15, 0.2) is 12.2 Å². The number of fused-ring (bicyclic) bond motifs is 2. The third kappa shape index (κ3) is 4.24. The van der Waals surface area contributed by atoms with E-state index in [1.165, 1.54) is 12.1 Å². The van der Waals surface area contributed by atoms with E-state index in [0.717, 1.165) is 24.5 Å². The molecule has 1 unspecified atom stereocenters. The maximum absolute atomic E-state index is 13.5. The molecule has 4 aliphatic rings. The van der Waals surface area contributed by atoms with Crippen molar-refractivity contribution in [2.24, 2.45) is 5.92 Å². The highest BCUT2D eigenvalue weighted by Crippen LogP contribution is 2.52. The van der Waals surface area contributed by atoms with Crippen molar-refractivity contribution in [2.75, 3.05) is 6.61 Å². The molecule has 2 aromatic rings. The summed E-state index contributed by atoms with van der Waals surface area (Å²) in [7, 11) is 0. The Hall–Kier alpha value is -2.51. The highest BCUT2D eigenvalue weighted by Gasteiger charge is 2.58. The van der Waals surface area contributed by atoms with E-state index in [1.54, 1.807) is 19.1 Å². The Kier molecular flexibility index (Phi) is 5.45. The van der Waals surface area contributed by atoms with Crippen molar-refractivity contribution in [1.29, 1.82) is 0 Å². The molecule has 0 spiro atoms. The molecule has 2 aromatic carbocycles. The Bertz CT molecular complexity index is 1140. The van der Waals surface area contributed by atoms with Gasteiger partial charge in [-0.3, -0.25) is 9.59 Å². The zero-order valence-electron chi connectivity index (χ0n) is 17.9. The van der Waals surface area contributed by atoms with Crippen molar-refractivity contribution in [3.8, 4) is 11.5 Å². The van der Waals surface area contributed by atoms with Gasteiger partial charge in [-0.05, 0) is 62.4 Å². The van der Waals surface area contributed by atoms with Crippen LogP contribution in [0.15, 0.2) is 36.4 Å². The largest absolute Gasteiger partial charge is 0.484 e. The summed E-state index contributed by atoms with van der Waals surface area (Å²) in [6.07, 6.45) is 2.72. The number of carbonyl (C=O) groups is 2. The van der Waals surface area contributed by atoms with Gasteiger partial charge in [0.1, 0.15) is 17.3 Å². The summed E-state index contributed by atoms with van der Waals surface area (Å²) >= 11 is 11.7. The number of nitrogens with one attached hydrogen (secondary N) is 2. The summed E-state index contributed by atoms with van der Waals surface area (Å²) in [6.45, 7) is 1.56. The molecule has 2 atom stereocenters. The normalized spacial score (nSPS) is 29.0. The average Bonchev–Trinajstić information content (AvgIpc) is 3.36. The first kappa shape index (κ1) is 22.3. The Morgan fingerprint density at radius 2 is 1.97 bits per heavy atom. The molecular formula is C24H23Cl2FN2O4. The van der Waals surface area contributed by atoms with Gasteiger partial charge in [-0.15, -0.1) is 0 Å². The van der Waals surface area contributed by atoms with E-state index in [2.05, 4.69) is 10.6 Å². The fraction of sp³-hybridized carbons (Fsp3) is 0.417. The number of benzene rings is 2. The van der Waals surface area contributed by atoms with E-state index in [-0.39, 0.29) is 40.8 Å². The smallest absolute Gasteiger partial charge is 0.264 e. The second-order valence-corrected chi connectivity index (χ2v) is 10.3. The molecule has 3 saturated carbocycles. The molecule has 3 fully saturated rings. The van der Waals surface area contributed by atoms with Crippen LogP contribution in [0.4, 0.5) is 4.39 Å². The fourth-order valence-corrected chi connectivity index (χ4v) is 5.51. The van der Waals surface area contributed by atoms with Crippen LogP contribution < -0.4 is 20.1 Å². The first-order chi connectivity index (χ1) is 15.6. The minimum absolute atomic E-state index is 0.00517. The van der Waals surface area contributed by atoms with Crippen LogP contribution in [0.5, 0.6) is 11.5 Å². The first-order valence-corrected chi connectivity index (χ1v) is 11.6. The molecule has 0 saturated heterocycles. The highest BCUT2D eigenvalue weighted by molar-refractivity contribution is 6.31. The van der Waals surface area contributed by atoms with Gasteiger partial charge < -0.3 is 20.1 Å². The summed E-state index contributed by atoms with van der Waals surface area (Å²) in [5, 5.41) is 6.78. The van der Waals surface area contributed by atoms with Gasteiger partial charge in [0.2, 0.25) is 0 Å². The monoisotopic (exact) mass is 492 g/mol. The van der Waals surface area contributed by atoms with Crippen LogP contribution in [0, 0.1) is 11.7 Å². The lowest BCUT2D eigenvalue weighted by Gasteiger charge is -2.41. The maximum atomic E-state index is 13.5. The average molecular weight is 493 g/mol. The van der Waals surface area contributed by atoms with E-state index in [0.29, 0.717) is 29.5 Å². The van der Waals surface area contributed by atoms with Crippen LogP contribution in [0.1, 0.15) is 31.7 Å². The van der Waals surface area contributed by atoms with E-state index < -0.39 is 11.4 Å². The van der Waals surface area contributed by atoms with Gasteiger partial charge in [0, 0.05) is 34.7 Å². The predicted octanol–water partition coefficient (Wildman–Crippen LogP) is 4.06. The molecule has 3 aliphatic carbocycles. The van der Waals surface area contributed by atoms with Crippen molar-refractivity contribution >= 4 is 35.0 Å². The summed E-state index contributed by atoms with van der Waals surface area (Å²) in [6, 6.07) is 9.35. The first-order valence-electron chi connectivity index (χ1n) is 10.8. The summed E-state index contributed by atoms with van der Waals surface area (Å²) in [5.41, 5.74) is -0.407. The number of ether oxygens (including phenoxy) is 2. The molecule has 1 heterocycles. The lowest BCUT2D eigenvalue weighted by Crippen LogP contribution is -2.59. The molecule has 2 N–H and O–H groups in total. The predicted molar refractivity (Wildman–Crippen MR) is 121 cm³/mol. The zero-order chi connectivity index (χ0) is 23.4. The molecule has 0 aromatic heterocycles. The van der Waals surface area contributed by atoms with Crippen molar-refractivity contribution in [2.45, 2.75) is 49.8 Å².